The summed E-state index contributed by atoms with van der Waals surface area (Å²) in [6.45, 7) is 25.1. The Hall–Kier alpha value is -6.40. The van der Waals surface area contributed by atoms with Gasteiger partial charge in [0, 0.05) is 53.0 Å². The number of nitrogens with zero attached hydrogens (tertiary/aromatic N) is 5. The van der Waals surface area contributed by atoms with Crippen LogP contribution in [0.3, 0.4) is 0 Å². The van der Waals surface area contributed by atoms with Gasteiger partial charge in [0.2, 0.25) is 6.71 Å². The predicted octanol–water partition coefficient (Wildman–Crippen LogP) is 13.1. The van der Waals surface area contributed by atoms with Crippen molar-refractivity contribution < 1.29 is 0 Å². The third-order valence-corrected chi connectivity index (χ3v) is 13.2. The number of fused-ring (bicyclic) bond motifs is 2. The van der Waals surface area contributed by atoms with Crippen LogP contribution in [0.25, 0.3) is 34.2 Å². The van der Waals surface area contributed by atoms with E-state index in [1.165, 1.54) is 72.4 Å². The van der Waals surface area contributed by atoms with Crippen LogP contribution in [0.5, 0.6) is 0 Å². The van der Waals surface area contributed by atoms with Gasteiger partial charge in [0.05, 0.1) is 11.4 Å². The molecule has 0 N–H and O–H groups in total. The van der Waals surface area contributed by atoms with Crippen molar-refractivity contribution in [2.75, 3.05) is 4.90 Å². The van der Waals surface area contributed by atoms with E-state index in [1.807, 2.05) is 12.4 Å². The van der Waals surface area contributed by atoms with E-state index >= 15 is 0 Å². The molecular weight excluding hydrogens is 765 g/mol. The van der Waals surface area contributed by atoms with Gasteiger partial charge in [-0.1, -0.05) is 169 Å². The molecule has 5 nitrogen and oxygen atoms in total. The first kappa shape index (κ1) is 41.9. The first-order valence-corrected chi connectivity index (χ1v) is 22.9. The summed E-state index contributed by atoms with van der Waals surface area (Å²) in [4.78, 5) is 12.7. The molecule has 0 amide bonds. The van der Waals surface area contributed by atoms with E-state index in [1.54, 1.807) is 0 Å². The van der Waals surface area contributed by atoms with E-state index in [0.717, 1.165) is 34.2 Å². The second-order valence-corrected chi connectivity index (χ2v) is 18.9. The SMILES string of the molecule is Cc1cc(C)c(B2c3ccccc3N(c3cccc(-c4nccn4-c4c(C(C)C)cccc4C(C)C)c3)c3cc(-c4nccn4-c4c(C(C)C)cccc4C(C)C)ccc32)c(C)c1. The molecule has 1 aliphatic rings. The molecule has 0 saturated carbocycles. The zero-order valence-electron chi connectivity index (χ0n) is 38.9. The number of imidazole rings is 2. The molecule has 0 unspecified atom stereocenters. The number of benzene rings is 6. The van der Waals surface area contributed by atoms with Crippen LogP contribution in [0.15, 0.2) is 140 Å². The van der Waals surface area contributed by atoms with Gasteiger partial charge in [0.25, 0.3) is 0 Å². The Morgan fingerprint density at radius 1 is 0.460 bits per heavy atom. The lowest BCUT2D eigenvalue weighted by molar-refractivity contribution is 0.806. The fourth-order valence-electron chi connectivity index (χ4n) is 10.3. The van der Waals surface area contributed by atoms with Gasteiger partial charge in [-0.25, -0.2) is 9.97 Å². The Balaban J connectivity index is 1.27. The Kier molecular flexibility index (Phi) is 11.1. The van der Waals surface area contributed by atoms with Crippen LogP contribution in [0.4, 0.5) is 17.1 Å². The van der Waals surface area contributed by atoms with Gasteiger partial charge in [0.1, 0.15) is 11.6 Å². The summed E-state index contributed by atoms with van der Waals surface area (Å²) in [5, 5.41) is 0. The largest absolute Gasteiger partial charge is 0.311 e. The summed E-state index contributed by atoms with van der Waals surface area (Å²) >= 11 is 0. The van der Waals surface area contributed by atoms with Gasteiger partial charge in [-0.3, -0.25) is 9.13 Å². The summed E-state index contributed by atoms with van der Waals surface area (Å²) in [5.74, 6) is 3.29. The van der Waals surface area contributed by atoms with Crippen molar-refractivity contribution in [2.45, 2.75) is 99.8 Å². The van der Waals surface area contributed by atoms with Crippen molar-refractivity contribution in [1.29, 1.82) is 0 Å². The van der Waals surface area contributed by atoms with Gasteiger partial charge < -0.3 is 4.90 Å². The minimum atomic E-state index is 0.0418. The maximum Gasteiger partial charge on any atom is 0.247 e. The van der Waals surface area contributed by atoms with Gasteiger partial charge >= 0.3 is 0 Å². The van der Waals surface area contributed by atoms with Crippen LogP contribution in [-0.4, -0.2) is 25.8 Å². The van der Waals surface area contributed by atoms with Crippen molar-refractivity contribution in [2.24, 2.45) is 0 Å². The summed E-state index contributed by atoms with van der Waals surface area (Å²) in [6.07, 6.45) is 8.18. The van der Waals surface area contributed by atoms with E-state index in [0.29, 0.717) is 23.7 Å². The molecule has 2 aromatic heterocycles. The Bertz CT molecular complexity index is 2900. The van der Waals surface area contributed by atoms with Crippen molar-refractivity contribution >= 4 is 40.2 Å². The zero-order valence-corrected chi connectivity index (χ0v) is 38.9. The van der Waals surface area contributed by atoms with Crippen LogP contribution < -0.4 is 21.3 Å². The highest BCUT2D eigenvalue weighted by atomic mass is 15.2. The Morgan fingerprint density at radius 2 is 0.937 bits per heavy atom. The third kappa shape index (κ3) is 7.33. The normalized spacial score (nSPS) is 12.6. The molecule has 63 heavy (non-hydrogen) atoms. The molecule has 9 rings (SSSR count). The third-order valence-electron chi connectivity index (χ3n) is 13.2. The molecule has 0 spiro atoms. The minimum Gasteiger partial charge on any atom is -0.311 e. The van der Waals surface area contributed by atoms with Gasteiger partial charge in [0.15, 0.2) is 0 Å². The van der Waals surface area contributed by atoms with Crippen LogP contribution in [0.2, 0.25) is 0 Å². The number of aryl methyl sites for hydroxylation is 3. The second-order valence-electron chi connectivity index (χ2n) is 18.9. The lowest BCUT2D eigenvalue weighted by Gasteiger charge is -2.38. The molecule has 6 heteroatoms. The maximum atomic E-state index is 5.13. The van der Waals surface area contributed by atoms with E-state index in [4.69, 9.17) is 9.97 Å². The van der Waals surface area contributed by atoms with Gasteiger partial charge in [-0.15, -0.1) is 0 Å². The number of para-hydroxylation sites is 3. The zero-order chi connectivity index (χ0) is 44.3. The Morgan fingerprint density at radius 3 is 1.46 bits per heavy atom. The number of hydrogen-bond donors (Lipinski definition) is 0. The number of anilines is 3. The fourth-order valence-corrected chi connectivity index (χ4v) is 10.3. The molecule has 0 fully saturated rings. The highest BCUT2D eigenvalue weighted by Gasteiger charge is 2.37. The molecule has 0 bridgehead atoms. The topological polar surface area (TPSA) is 38.9 Å². The molecule has 316 valence electrons. The average Bonchev–Trinajstić information content (AvgIpc) is 3.96. The summed E-state index contributed by atoms with van der Waals surface area (Å²) in [6, 6.07) is 43.3. The first-order valence-electron chi connectivity index (χ1n) is 22.9. The van der Waals surface area contributed by atoms with Crippen molar-refractivity contribution in [3.8, 4) is 34.2 Å². The Labute approximate surface area is 375 Å². The molecule has 0 saturated heterocycles. The molecule has 0 radical (unpaired) electrons. The van der Waals surface area contributed by atoms with Crippen LogP contribution in [0, 0.1) is 20.8 Å². The molecule has 1 aliphatic heterocycles. The van der Waals surface area contributed by atoms with Gasteiger partial charge in [-0.2, -0.15) is 0 Å². The average molecular weight is 826 g/mol. The van der Waals surface area contributed by atoms with Gasteiger partial charge in [-0.05, 0) is 102 Å². The van der Waals surface area contributed by atoms with Crippen molar-refractivity contribution in [3.63, 3.8) is 0 Å². The molecule has 8 aromatic rings. The fraction of sp³-hybridized carbons (Fsp3) is 0.263. The number of hydrogen-bond acceptors (Lipinski definition) is 3. The first-order chi connectivity index (χ1) is 30.3. The van der Waals surface area contributed by atoms with Crippen molar-refractivity contribution in [1.82, 2.24) is 19.1 Å². The van der Waals surface area contributed by atoms with E-state index in [9.17, 15) is 0 Å². The standard InChI is InChI=1S/C57H60BN5/c1-35(2)45-19-15-20-46(36(3)4)54(45)61-29-27-59-56(61)42-17-14-18-44(33-42)63-51-24-13-12-23-49(51)58(53-40(10)31-39(9)32-41(53)11)50-26-25-43(34-52(50)63)57-60-28-30-62(57)55-47(37(5)6)21-16-22-48(55)38(7)8/h12-38H,1-11H3. The highest BCUT2D eigenvalue weighted by molar-refractivity contribution is 6.98. The number of rotatable bonds is 10. The summed E-state index contributed by atoms with van der Waals surface area (Å²) in [5.41, 5.74) is 21.2. The molecule has 0 atom stereocenters. The van der Waals surface area contributed by atoms with E-state index < -0.39 is 0 Å². The molecule has 6 aromatic carbocycles. The lowest BCUT2D eigenvalue weighted by Crippen LogP contribution is -2.58. The number of aromatic nitrogens is 4. The molecule has 3 heterocycles. The lowest BCUT2D eigenvalue weighted by atomic mass is 9.34. The summed E-state index contributed by atoms with van der Waals surface area (Å²) in [7, 11) is 0. The van der Waals surface area contributed by atoms with E-state index in [2.05, 4.69) is 218 Å². The second kappa shape index (κ2) is 16.7. The maximum absolute atomic E-state index is 5.13. The van der Waals surface area contributed by atoms with Crippen LogP contribution in [-0.2, 0) is 0 Å². The van der Waals surface area contributed by atoms with Crippen LogP contribution >= 0.6 is 0 Å². The van der Waals surface area contributed by atoms with Crippen LogP contribution in [0.1, 0.15) is 118 Å². The highest BCUT2D eigenvalue weighted by Crippen LogP contribution is 2.41. The smallest absolute Gasteiger partial charge is 0.247 e. The molecular formula is C57H60BN5. The predicted molar refractivity (Wildman–Crippen MR) is 268 cm³/mol. The van der Waals surface area contributed by atoms with Crippen molar-refractivity contribution in [3.05, 3.63) is 179 Å². The van der Waals surface area contributed by atoms with E-state index in [-0.39, 0.29) is 6.71 Å². The quantitative estimate of drug-likeness (QED) is 0.129. The molecule has 0 aliphatic carbocycles. The minimum absolute atomic E-state index is 0.0418. The summed E-state index contributed by atoms with van der Waals surface area (Å²) < 4.78 is 4.65. The monoisotopic (exact) mass is 825 g/mol.